The van der Waals surface area contributed by atoms with E-state index >= 15 is 0 Å². The zero-order valence-corrected chi connectivity index (χ0v) is 11.2. The van der Waals surface area contributed by atoms with Gasteiger partial charge in [0, 0.05) is 25.5 Å². The monoisotopic (exact) mass is 257 g/mol. The summed E-state index contributed by atoms with van der Waals surface area (Å²) >= 11 is 0. The van der Waals surface area contributed by atoms with Gasteiger partial charge in [0.1, 0.15) is 11.3 Å². The van der Waals surface area contributed by atoms with Gasteiger partial charge in [-0.1, -0.05) is 6.92 Å². The third-order valence-electron chi connectivity index (χ3n) is 4.10. The lowest BCUT2D eigenvalue weighted by atomic mass is 9.80. The lowest BCUT2D eigenvalue weighted by molar-refractivity contribution is 0.258. The standard InChI is InChI=1S/C14H19N5/c1-14(10-15)4-8-19(9-5-14)12-3-2-11-13(18-12)17-7-6-16-11/h2-3,6-7H,4-5,8-10,15H2,1H3. The van der Waals surface area contributed by atoms with Crippen LogP contribution >= 0.6 is 0 Å². The van der Waals surface area contributed by atoms with Gasteiger partial charge in [-0.2, -0.15) is 0 Å². The number of nitrogens with zero attached hydrogens (tertiary/aromatic N) is 4. The van der Waals surface area contributed by atoms with E-state index < -0.39 is 0 Å². The molecule has 2 aromatic rings. The van der Waals surface area contributed by atoms with Gasteiger partial charge in [0.25, 0.3) is 0 Å². The Morgan fingerprint density at radius 3 is 2.68 bits per heavy atom. The summed E-state index contributed by atoms with van der Waals surface area (Å²) in [5.41, 5.74) is 7.69. The van der Waals surface area contributed by atoms with Crippen LogP contribution in [0.15, 0.2) is 24.5 Å². The number of anilines is 1. The Bertz CT molecular complexity index is 575. The number of fused-ring (bicyclic) bond motifs is 1. The van der Waals surface area contributed by atoms with E-state index in [1.807, 2.05) is 12.1 Å². The van der Waals surface area contributed by atoms with Crippen LogP contribution in [0.2, 0.25) is 0 Å². The van der Waals surface area contributed by atoms with Gasteiger partial charge in [-0.3, -0.25) is 4.98 Å². The average molecular weight is 257 g/mol. The van der Waals surface area contributed by atoms with Crippen LogP contribution in [-0.4, -0.2) is 34.6 Å². The number of piperidine rings is 1. The highest BCUT2D eigenvalue weighted by molar-refractivity contribution is 5.71. The van der Waals surface area contributed by atoms with Crippen LogP contribution in [0.3, 0.4) is 0 Å². The van der Waals surface area contributed by atoms with E-state index in [1.165, 1.54) is 0 Å². The van der Waals surface area contributed by atoms with E-state index in [4.69, 9.17) is 5.73 Å². The van der Waals surface area contributed by atoms with E-state index in [-0.39, 0.29) is 5.41 Å². The minimum Gasteiger partial charge on any atom is -0.357 e. The van der Waals surface area contributed by atoms with Crippen molar-refractivity contribution in [3.63, 3.8) is 0 Å². The molecule has 0 aromatic carbocycles. The second-order valence-electron chi connectivity index (χ2n) is 5.57. The SMILES string of the molecule is CC1(CN)CCN(c2ccc3nccnc3n2)CC1. The molecule has 1 fully saturated rings. The fourth-order valence-corrected chi connectivity index (χ4v) is 2.50. The van der Waals surface area contributed by atoms with Gasteiger partial charge in [0.2, 0.25) is 0 Å². The van der Waals surface area contributed by atoms with Crippen LogP contribution in [0.1, 0.15) is 19.8 Å². The Kier molecular flexibility index (Phi) is 3.06. The number of aromatic nitrogens is 3. The van der Waals surface area contributed by atoms with Crippen molar-refractivity contribution in [1.29, 1.82) is 0 Å². The van der Waals surface area contributed by atoms with Gasteiger partial charge in [0.15, 0.2) is 5.65 Å². The summed E-state index contributed by atoms with van der Waals surface area (Å²) in [5.74, 6) is 0.993. The van der Waals surface area contributed by atoms with E-state index in [0.29, 0.717) is 5.65 Å². The molecule has 19 heavy (non-hydrogen) atoms. The van der Waals surface area contributed by atoms with Crippen molar-refractivity contribution in [3.8, 4) is 0 Å². The Labute approximate surface area is 112 Å². The Morgan fingerprint density at radius 1 is 1.21 bits per heavy atom. The lowest BCUT2D eigenvalue weighted by Gasteiger charge is -2.39. The van der Waals surface area contributed by atoms with Crippen molar-refractivity contribution in [1.82, 2.24) is 15.0 Å². The van der Waals surface area contributed by atoms with E-state index in [0.717, 1.165) is 43.8 Å². The summed E-state index contributed by atoms with van der Waals surface area (Å²) < 4.78 is 0. The highest BCUT2D eigenvalue weighted by Gasteiger charge is 2.29. The van der Waals surface area contributed by atoms with E-state index in [9.17, 15) is 0 Å². The zero-order chi connectivity index (χ0) is 13.3. The molecule has 100 valence electrons. The summed E-state index contributed by atoms with van der Waals surface area (Å²) in [7, 11) is 0. The molecule has 3 rings (SSSR count). The Hall–Kier alpha value is -1.75. The highest BCUT2D eigenvalue weighted by Crippen LogP contribution is 2.31. The van der Waals surface area contributed by atoms with E-state index in [1.54, 1.807) is 12.4 Å². The first-order valence-corrected chi connectivity index (χ1v) is 6.73. The quantitative estimate of drug-likeness (QED) is 0.885. The van der Waals surface area contributed by atoms with Gasteiger partial charge in [-0.05, 0) is 36.9 Å². The molecule has 0 unspecified atom stereocenters. The van der Waals surface area contributed by atoms with Crippen LogP contribution in [-0.2, 0) is 0 Å². The van der Waals surface area contributed by atoms with Crippen molar-refractivity contribution >= 4 is 17.0 Å². The first-order valence-electron chi connectivity index (χ1n) is 6.73. The van der Waals surface area contributed by atoms with Crippen LogP contribution in [0.4, 0.5) is 5.82 Å². The molecule has 0 radical (unpaired) electrons. The second-order valence-corrected chi connectivity index (χ2v) is 5.57. The number of rotatable bonds is 2. The molecule has 5 heteroatoms. The van der Waals surface area contributed by atoms with Crippen molar-refractivity contribution in [3.05, 3.63) is 24.5 Å². The molecule has 0 spiro atoms. The maximum Gasteiger partial charge on any atom is 0.180 e. The molecule has 1 aliphatic rings. The second kappa shape index (κ2) is 4.74. The smallest absolute Gasteiger partial charge is 0.180 e. The minimum absolute atomic E-state index is 0.285. The molecule has 5 nitrogen and oxygen atoms in total. The third-order valence-corrected chi connectivity index (χ3v) is 4.10. The maximum absolute atomic E-state index is 5.84. The van der Waals surface area contributed by atoms with Crippen LogP contribution in [0.5, 0.6) is 0 Å². The Morgan fingerprint density at radius 2 is 1.95 bits per heavy atom. The lowest BCUT2D eigenvalue weighted by Crippen LogP contribution is -2.42. The van der Waals surface area contributed by atoms with Crippen molar-refractivity contribution < 1.29 is 0 Å². The molecule has 0 saturated carbocycles. The molecule has 0 aliphatic carbocycles. The fraction of sp³-hybridized carbons (Fsp3) is 0.500. The summed E-state index contributed by atoms with van der Waals surface area (Å²) in [6.07, 6.45) is 5.60. The number of pyridine rings is 1. The van der Waals surface area contributed by atoms with Gasteiger partial charge >= 0.3 is 0 Å². The molecule has 3 heterocycles. The van der Waals surface area contributed by atoms with Gasteiger partial charge in [-0.15, -0.1) is 0 Å². The number of nitrogens with two attached hydrogens (primary N) is 1. The normalized spacial score (nSPS) is 18.7. The maximum atomic E-state index is 5.84. The molecule has 0 bridgehead atoms. The Balaban J connectivity index is 1.82. The molecular weight excluding hydrogens is 238 g/mol. The number of hydrogen-bond acceptors (Lipinski definition) is 5. The van der Waals surface area contributed by atoms with Gasteiger partial charge < -0.3 is 10.6 Å². The largest absolute Gasteiger partial charge is 0.357 e. The highest BCUT2D eigenvalue weighted by atomic mass is 15.2. The summed E-state index contributed by atoms with van der Waals surface area (Å²) in [4.78, 5) is 15.4. The van der Waals surface area contributed by atoms with Crippen LogP contribution in [0, 0.1) is 5.41 Å². The van der Waals surface area contributed by atoms with Crippen LogP contribution in [0.25, 0.3) is 11.2 Å². The molecule has 0 amide bonds. The molecular formula is C14H19N5. The first-order chi connectivity index (χ1) is 9.20. The summed E-state index contributed by atoms with van der Waals surface area (Å²) in [6.45, 7) is 5.04. The average Bonchev–Trinajstić information content (AvgIpc) is 2.47. The summed E-state index contributed by atoms with van der Waals surface area (Å²) in [5, 5.41) is 0. The molecule has 1 aliphatic heterocycles. The van der Waals surface area contributed by atoms with Crippen LogP contribution < -0.4 is 10.6 Å². The van der Waals surface area contributed by atoms with Crippen molar-refractivity contribution in [2.24, 2.45) is 11.1 Å². The first kappa shape index (κ1) is 12.3. The van der Waals surface area contributed by atoms with Gasteiger partial charge in [-0.25, -0.2) is 9.97 Å². The zero-order valence-electron chi connectivity index (χ0n) is 11.2. The minimum atomic E-state index is 0.285. The van der Waals surface area contributed by atoms with Gasteiger partial charge in [0.05, 0.1) is 0 Å². The summed E-state index contributed by atoms with van der Waals surface area (Å²) in [6, 6.07) is 4.02. The van der Waals surface area contributed by atoms with Crippen molar-refractivity contribution in [2.45, 2.75) is 19.8 Å². The van der Waals surface area contributed by atoms with Crippen molar-refractivity contribution in [2.75, 3.05) is 24.5 Å². The molecule has 2 aromatic heterocycles. The fourth-order valence-electron chi connectivity index (χ4n) is 2.50. The third kappa shape index (κ3) is 2.38. The predicted octanol–water partition coefficient (Wildman–Crippen LogP) is 1.59. The molecule has 1 saturated heterocycles. The molecule has 0 atom stereocenters. The molecule has 2 N–H and O–H groups in total. The predicted molar refractivity (Wildman–Crippen MR) is 75.9 cm³/mol. The number of hydrogen-bond donors (Lipinski definition) is 1. The van der Waals surface area contributed by atoms with E-state index in [2.05, 4.69) is 26.8 Å². The topological polar surface area (TPSA) is 67.9 Å².